The molecule has 0 heterocycles. The number of fused-ring (bicyclic) bond motifs is 1. The van der Waals surface area contributed by atoms with Crippen molar-refractivity contribution < 1.29 is 110 Å². The zero-order chi connectivity index (χ0) is 34.0. The van der Waals surface area contributed by atoms with E-state index < -0.39 is 99.4 Å². The number of halogens is 24. The molecule has 1 aromatic carbocycles. The van der Waals surface area contributed by atoms with Gasteiger partial charge in [0.15, 0.2) is 11.6 Å². The Balaban J connectivity index is 3.28. The van der Waals surface area contributed by atoms with Gasteiger partial charge in [-0.2, -0.15) is 83.4 Å². The van der Waals surface area contributed by atoms with Gasteiger partial charge in [0.05, 0.1) is 16.7 Å². The van der Waals surface area contributed by atoms with E-state index in [1.807, 2.05) is 0 Å². The zero-order valence-electron chi connectivity index (χ0n) is 18.0. The molecule has 0 radical (unpaired) electrons. The maximum absolute atomic E-state index is 15.0. The van der Waals surface area contributed by atoms with Crippen LogP contribution in [-0.2, 0) is 11.6 Å². The highest BCUT2D eigenvalue weighted by Gasteiger charge is 2.95. The lowest BCUT2D eigenvalue weighted by atomic mass is 9.68. The van der Waals surface area contributed by atoms with E-state index in [-0.39, 0.29) is 0 Å². The third kappa shape index (κ3) is 3.68. The quantitative estimate of drug-likeness (QED) is 0.231. The minimum Gasteiger partial charge on any atom is -0.290 e. The molecular formula is C17F24O. The van der Waals surface area contributed by atoms with E-state index in [1.54, 1.807) is 0 Å². The Bertz CT molecular complexity index is 1280. The Kier molecular flexibility index (Phi) is 7.29. The maximum atomic E-state index is 15.0. The molecule has 0 bridgehead atoms. The monoisotopic (exact) mass is 676 g/mol. The molecule has 0 amide bonds. The van der Waals surface area contributed by atoms with Crippen molar-refractivity contribution in [1.82, 2.24) is 0 Å². The lowest BCUT2D eigenvalue weighted by molar-refractivity contribution is -0.426. The first-order chi connectivity index (χ1) is 18.0. The van der Waals surface area contributed by atoms with E-state index in [4.69, 9.17) is 0 Å². The first-order valence-electron chi connectivity index (χ1n) is 9.24. The van der Waals surface area contributed by atoms with Gasteiger partial charge < -0.3 is 0 Å². The number of hydrogen-bond acceptors (Lipinski definition) is 1. The summed E-state index contributed by atoms with van der Waals surface area (Å²) in [4.78, 5) is 12.0. The van der Waals surface area contributed by atoms with Crippen molar-refractivity contribution in [2.24, 2.45) is 0 Å². The van der Waals surface area contributed by atoms with Gasteiger partial charge >= 0.3 is 59.5 Å². The molecule has 42 heavy (non-hydrogen) atoms. The van der Waals surface area contributed by atoms with Gasteiger partial charge in [-0.25, -0.2) is 22.0 Å². The minimum atomic E-state index is -8.95. The summed E-state index contributed by atoms with van der Waals surface area (Å²) in [7, 11) is 0. The predicted molar refractivity (Wildman–Crippen MR) is 79.1 cm³/mol. The molecule has 1 atom stereocenters. The van der Waals surface area contributed by atoms with Gasteiger partial charge in [0.1, 0.15) is 5.82 Å². The number of ketones is 1. The topological polar surface area (TPSA) is 17.1 Å². The van der Waals surface area contributed by atoms with Crippen molar-refractivity contribution in [2.45, 2.75) is 59.5 Å². The summed E-state index contributed by atoms with van der Waals surface area (Å²) in [6.45, 7) is 0. The lowest BCUT2D eigenvalue weighted by Gasteiger charge is -2.47. The van der Waals surface area contributed by atoms with Crippen molar-refractivity contribution in [3.63, 3.8) is 0 Å². The summed E-state index contributed by atoms with van der Waals surface area (Å²) in [6.07, 6.45) is -23.8. The number of carbonyl (C=O) groups excluding carboxylic acids is 1. The molecule has 0 N–H and O–H groups in total. The number of Topliss-reactive ketones (excluding diaryl/α,β-unsaturated/α-hetero) is 1. The number of rotatable bonds is 4. The van der Waals surface area contributed by atoms with Crippen LogP contribution in [0.4, 0.5) is 105 Å². The molecule has 242 valence electrons. The number of carbonyl (C=O) groups is 1. The van der Waals surface area contributed by atoms with E-state index in [1.165, 1.54) is 0 Å². The molecule has 1 aliphatic rings. The van der Waals surface area contributed by atoms with E-state index in [2.05, 4.69) is 0 Å². The zero-order valence-corrected chi connectivity index (χ0v) is 18.0. The van der Waals surface area contributed by atoms with Crippen LogP contribution in [0.3, 0.4) is 0 Å². The minimum absolute atomic E-state index is 4.35. The highest BCUT2D eigenvalue weighted by atomic mass is 19.4. The number of alkyl halides is 21. The fourth-order valence-corrected chi connectivity index (χ4v) is 3.53. The molecule has 0 aliphatic heterocycles. The van der Waals surface area contributed by atoms with Crippen LogP contribution in [0.25, 0.3) is 0 Å². The van der Waals surface area contributed by atoms with Gasteiger partial charge in [0, 0.05) is 0 Å². The van der Waals surface area contributed by atoms with Gasteiger partial charge in [-0.15, -0.1) is 0 Å². The van der Waals surface area contributed by atoms with Gasteiger partial charge in [-0.3, -0.25) is 4.79 Å². The lowest BCUT2D eigenvalue weighted by Crippen LogP contribution is -2.77. The number of benzene rings is 1. The van der Waals surface area contributed by atoms with Crippen molar-refractivity contribution in [1.29, 1.82) is 0 Å². The largest absolute Gasteiger partial charge is 0.460 e. The average molecular weight is 676 g/mol. The molecule has 0 aromatic heterocycles. The molecule has 25 heteroatoms. The van der Waals surface area contributed by atoms with Crippen LogP contribution in [0.1, 0.15) is 21.5 Å². The summed E-state index contributed by atoms with van der Waals surface area (Å²) < 4.78 is 326. The fraction of sp³-hybridized carbons (Fsp3) is 0.588. The highest BCUT2D eigenvalue weighted by molar-refractivity contribution is 6.07. The van der Waals surface area contributed by atoms with Crippen LogP contribution < -0.4 is 0 Å². The second-order valence-corrected chi connectivity index (χ2v) is 8.08. The Morgan fingerprint density at radius 2 is 0.881 bits per heavy atom. The Labute approximate surface area is 211 Å². The van der Waals surface area contributed by atoms with Crippen LogP contribution in [0, 0.1) is 17.5 Å². The van der Waals surface area contributed by atoms with E-state index in [9.17, 15) is 110 Å². The van der Waals surface area contributed by atoms with Crippen molar-refractivity contribution in [2.75, 3.05) is 0 Å². The summed E-state index contributed by atoms with van der Waals surface area (Å²) in [5.41, 5.74) is -29.8. The summed E-state index contributed by atoms with van der Waals surface area (Å²) >= 11 is 0. The third-order valence-corrected chi connectivity index (χ3v) is 5.70. The molecule has 1 aromatic rings. The molecule has 0 saturated carbocycles. The normalized spacial score (nSPS) is 22.3. The standard InChI is InChI=1S/C17F24O/c18-4-1-2(5(19)6(20)3(4)8(21,15(33,34)35)16(36,37)38)10(23,24)11(25,26)9(22,7(1)42)12(27,28)13(29,30)14(31,32)17(39,40)41. The molecule has 0 saturated heterocycles. The molecule has 1 nitrogen and oxygen atoms in total. The van der Waals surface area contributed by atoms with Gasteiger partial charge in [0.2, 0.25) is 5.78 Å². The molecule has 2 rings (SSSR count). The maximum Gasteiger partial charge on any atom is 0.460 e. The van der Waals surface area contributed by atoms with Crippen molar-refractivity contribution in [3.05, 3.63) is 34.1 Å². The third-order valence-electron chi connectivity index (χ3n) is 5.70. The SMILES string of the molecule is O=C1c2c(F)c(C(F)(C(F)(F)F)C(F)(F)F)c(F)c(F)c2C(F)(F)C(F)(F)C1(F)C(F)(F)C(F)(F)C(F)(F)C(F)(F)F. The van der Waals surface area contributed by atoms with Crippen molar-refractivity contribution in [3.8, 4) is 0 Å². The van der Waals surface area contributed by atoms with Gasteiger partial charge in [-0.1, -0.05) is 0 Å². The van der Waals surface area contributed by atoms with E-state index >= 15 is 0 Å². The first-order valence-corrected chi connectivity index (χ1v) is 9.24. The molecule has 0 fully saturated rings. The second-order valence-electron chi connectivity index (χ2n) is 8.08. The van der Waals surface area contributed by atoms with Gasteiger partial charge in [0.25, 0.3) is 0 Å². The fourth-order valence-electron chi connectivity index (χ4n) is 3.53. The highest BCUT2D eigenvalue weighted by Crippen LogP contribution is 2.67. The summed E-state index contributed by atoms with van der Waals surface area (Å²) in [5.74, 6) is -61.4. The van der Waals surface area contributed by atoms with Crippen LogP contribution in [-0.4, -0.2) is 53.7 Å². The van der Waals surface area contributed by atoms with Crippen LogP contribution >= 0.6 is 0 Å². The van der Waals surface area contributed by atoms with E-state index in [0.29, 0.717) is 0 Å². The Morgan fingerprint density at radius 1 is 0.500 bits per heavy atom. The van der Waals surface area contributed by atoms with Gasteiger partial charge in [-0.05, 0) is 0 Å². The molecular weight excluding hydrogens is 676 g/mol. The Hall–Kier alpha value is -2.79. The van der Waals surface area contributed by atoms with Crippen LogP contribution in [0.15, 0.2) is 0 Å². The summed E-state index contributed by atoms with van der Waals surface area (Å²) in [6, 6.07) is 0. The average Bonchev–Trinajstić information content (AvgIpc) is 2.76. The van der Waals surface area contributed by atoms with Crippen molar-refractivity contribution >= 4 is 5.78 Å². The molecule has 0 spiro atoms. The first kappa shape index (κ1) is 35.4. The predicted octanol–water partition coefficient (Wildman–Crippen LogP) is 8.49. The second kappa shape index (κ2) is 8.65. The van der Waals surface area contributed by atoms with E-state index in [0.717, 1.165) is 0 Å². The summed E-state index contributed by atoms with van der Waals surface area (Å²) in [5, 5.41) is 0. The van der Waals surface area contributed by atoms with Crippen LogP contribution in [0.2, 0.25) is 0 Å². The molecule has 1 unspecified atom stereocenters. The smallest absolute Gasteiger partial charge is 0.290 e. The number of hydrogen-bond donors (Lipinski definition) is 0. The Morgan fingerprint density at radius 3 is 1.21 bits per heavy atom. The molecule has 1 aliphatic carbocycles. The van der Waals surface area contributed by atoms with Crippen LogP contribution in [0.5, 0.6) is 0 Å².